The Balaban J connectivity index is 1.82. The Morgan fingerprint density at radius 3 is 2.77 bits per heavy atom. The van der Waals surface area contributed by atoms with Crippen LogP contribution in [0.15, 0.2) is 11.1 Å². The molecule has 4 atom stereocenters. The van der Waals surface area contributed by atoms with Crippen molar-refractivity contribution in [2.45, 2.75) is 57.1 Å². The number of ether oxygens (including phenoxy) is 1. The van der Waals surface area contributed by atoms with Crippen molar-refractivity contribution in [2.24, 2.45) is 0 Å². The molecule has 0 aromatic carbocycles. The molecular weight excluding hydrogens is 437 g/mol. The predicted octanol–water partition coefficient (Wildman–Crippen LogP) is -0.633. The second kappa shape index (κ2) is 9.53. The fraction of sp³-hybridized carbons (Fsp3) is 0.625. The van der Waals surface area contributed by atoms with Gasteiger partial charge in [0.25, 0.3) is 5.56 Å². The van der Waals surface area contributed by atoms with E-state index in [9.17, 15) is 24.4 Å². The van der Waals surface area contributed by atoms with Crippen LogP contribution in [0.5, 0.6) is 0 Å². The molecule has 0 bridgehead atoms. The summed E-state index contributed by atoms with van der Waals surface area (Å²) in [7, 11) is -4.81. The molecule has 14 nitrogen and oxygen atoms in total. The molecule has 0 saturated carbocycles. The van der Waals surface area contributed by atoms with Crippen LogP contribution in [0.2, 0.25) is 0 Å². The Bertz CT molecular complexity index is 1030. The monoisotopic (exact) mass is 461 g/mol. The van der Waals surface area contributed by atoms with Gasteiger partial charge in [-0.25, -0.2) is 9.55 Å². The van der Waals surface area contributed by atoms with Gasteiger partial charge >= 0.3 is 7.82 Å². The number of nitrogens with zero attached hydrogens (tertiary/aromatic N) is 3. The summed E-state index contributed by atoms with van der Waals surface area (Å²) in [5, 5.41) is 23.0. The summed E-state index contributed by atoms with van der Waals surface area (Å²) in [5.74, 6) is -0.445. The van der Waals surface area contributed by atoms with E-state index >= 15 is 0 Å². The Morgan fingerprint density at radius 1 is 1.35 bits per heavy atom. The van der Waals surface area contributed by atoms with Crippen LogP contribution < -0.4 is 10.9 Å². The van der Waals surface area contributed by atoms with Crippen molar-refractivity contribution >= 4 is 30.8 Å². The van der Waals surface area contributed by atoms with Crippen molar-refractivity contribution in [3.8, 4) is 0 Å². The maximum Gasteiger partial charge on any atom is 0.469 e. The summed E-state index contributed by atoms with van der Waals surface area (Å²) >= 11 is 0. The number of hydrogen-bond acceptors (Lipinski definition) is 9. The van der Waals surface area contributed by atoms with Crippen LogP contribution in [-0.4, -0.2) is 70.3 Å². The van der Waals surface area contributed by atoms with E-state index in [1.807, 2.05) is 6.92 Å². The molecule has 3 rings (SSSR count). The molecule has 1 amide bonds. The highest BCUT2D eigenvalue weighted by Gasteiger charge is 2.45. The number of phosphoric ester groups is 1. The third-order valence-electron chi connectivity index (χ3n) is 4.72. The first-order valence-corrected chi connectivity index (χ1v) is 11.1. The van der Waals surface area contributed by atoms with Crippen LogP contribution in [0.1, 0.15) is 38.8 Å². The number of anilines is 1. The minimum Gasteiger partial charge on any atom is -0.387 e. The number of aliphatic hydroxyl groups excluding tert-OH is 2. The Morgan fingerprint density at radius 2 is 2.10 bits per heavy atom. The molecule has 0 unspecified atom stereocenters. The van der Waals surface area contributed by atoms with Crippen molar-refractivity contribution < 1.29 is 38.6 Å². The number of nitrogens with one attached hydrogen (secondary N) is 2. The molecule has 3 heterocycles. The highest BCUT2D eigenvalue weighted by molar-refractivity contribution is 7.46. The van der Waals surface area contributed by atoms with Crippen molar-refractivity contribution in [1.29, 1.82) is 0 Å². The number of carbonyl (C=O) groups is 1. The zero-order valence-corrected chi connectivity index (χ0v) is 17.4. The van der Waals surface area contributed by atoms with Gasteiger partial charge in [-0.05, 0) is 6.42 Å². The molecule has 31 heavy (non-hydrogen) atoms. The zero-order chi connectivity index (χ0) is 22.8. The summed E-state index contributed by atoms with van der Waals surface area (Å²) in [5.41, 5.74) is -0.758. The molecule has 2 aromatic rings. The first-order chi connectivity index (χ1) is 14.6. The lowest BCUT2D eigenvalue weighted by atomic mass is 10.1. The number of amides is 1. The van der Waals surface area contributed by atoms with Gasteiger partial charge in [-0.15, -0.1) is 0 Å². The maximum absolute atomic E-state index is 12.3. The van der Waals surface area contributed by atoms with Gasteiger partial charge in [-0.1, -0.05) is 19.8 Å². The van der Waals surface area contributed by atoms with Crippen LogP contribution in [0.25, 0.3) is 11.2 Å². The van der Waals surface area contributed by atoms with Gasteiger partial charge in [0, 0.05) is 6.42 Å². The van der Waals surface area contributed by atoms with E-state index in [2.05, 4.69) is 24.8 Å². The van der Waals surface area contributed by atoms with Gasteiger partial charge in [0.1, 0.15) is 18.3 Å². The number of carbonyl (C=O) groups excluding carboxylic acids is 1. The summed E-state index contributed by atoms with van der Waals surface area (Å²) in [4.78, 5) is 52.5. The molecule has 1 aliphatic heterocycles. The average Bonchev–Trinajstić information content (AvgIpc) is 3.22. The topological polar surface area (TPSA) is 209 Å². The van der Waals surface area contributed by atoms with Gasteiger partial charge < -0.3 is 24.7 Å². The summed E-state index contributed by atoms with van der Waals surface area (Å²) < 4.78 is 21.9. The molecule has 1 fully saturated rings. The summed E-state index contributed by atoms with van der Waals surface area (Å²) in [6.45, 7) is 1.32. The minimum atomic E-state index is -4.81. The Labute approximate surface area is 175 Å². The van der Waals surface area contributed by atoms with Gasteiger partial charge in [-0.2, -0.15) is 4.98 Å². The van der Waals surface area contributed by atoms with Gasteiger partial charge in [0.05, 0.1) is 12.9 Å². The SMILES string of the molecule is CCCCCC(=O)Nc1nc2c(ncn2[C@@H]2O[C@H](COP(=O)(O)O)[C@@H](O)[C@H]2O)c(=O)[nH]1. The number of fused-ring (bicyclic) bond motifs is 1. The number of rotatable bonds is 9. The highest BCUT2D eigenvalue weighted by atomic mass is 31.2. The van der Waals surface area contributed by atoms with Crippen molar-refractivity contribution in [3.63, 3.8) is 0 Å². The zero-order valence-electron chi connectivity index (χ0n) is 16.5. The van der Waals surface area contributed by atoms with Crippen molar-refractivity contribution in [3.05, 3.63) is 16.7 Å². The molecule has 6 N–H and O–H groups in total. The third kappa shape index (κ3) is 5.54. The van der Waals surface area contributed by atoms with Crippen LogP contribution in [0.3, 0.4) is 0 Å². The normalized spacial score (nSPS) is 24.0. The fourth-order valence-electron chi connectivity index (χ4n) is 3.17. The molecule has 0 spiro atoms. The number of phosphoric acid groups is 1. The smallest absolute Gasteiger partial charge is 0.387 e. The van der Waals surface area contributed by atoms with E-state index in [-0.39, 0.29) is 29.4 Å². The van der Waals surface area contributed by atoms with E-state index in [0.29, 0.717) is 6.42 Å². The van der Waals surface area contributed by atoms with E-state index in [1.165, 1.54) is 4.57 Å². The standard InChI is InChI=1S/C16H24N5O9P/c1-2-3-4-5-9(22)18-16-19-13-10(14(25)20-16)17-7-21(13)15-12(24)11(23)8(30-15)6-29-31(26,27)28/h7-8,11-12,15,23-24H,2-6H2,1H3,(H2,26,27,28)(H2,18,19,20,22,25)/t8-,11-,12-,15-/m1/s1. The second-order valence-corrected chi connectivity index (χ2v) is 8.32. The lowest BCUT2D eigenvalue weighted by Crippen LogP contribution is -2.33. The van der Waals surface area contributed by atoms with Crippen molar-refractivity contribution in [2.75, 3.05) is 11.9 Å². The fourth-order valence-corrected chi connectivity index (χ4v) is 3.51. The summed E-state index contributed by atoms with van der Waals surface area (Å²) in [6.07, 6.45) is -1.66. The predicted molar refractivity (Wildman–Crippen MR) is 105 cm³/mol. The molecular formula is C16H24N5O9P. The number of unbranched alkanes of at least 4 members (excludes halogenated alkanes) is 2. The van der Waals surface area contributed by atoms with Crippen LogP contribution in [-0.2, 0) is 18.6 Å². The lowest BCUT2D eigenvalue weighted by Gasteiger charge is -2.16. The number of imidazole rings is 1. The third-order valence-corrected chi connectivity index (χ3v) is 5.20. The first-order valence-electron chi connectivity index (χ1n) is 9.59. The van der Waals surface area contributed by atoms with Gasteiger partial charge in [0.15, 0.2) is 17.4 Å². The van der Waals surface area contributed by atoms with E-state index in [4.69, 9.17) is 14.5 Å². The van der Waals surface area contributed by atoms with E-state index in [0.717, 1.165) is 19.2 Å². The molecule has 1 aliphatic rings. The van der Waals surface area contributed by atoms with Crippen LogP contribution in [0, 0.1) is 0 Å². The number of H-pyrrole nitrogens is 1. The number of aromatic nitrogens is 4. The van der Waals surface area contributed by atoms with Gasteiger partial charge in [-0.3, -0.25) is 29.0 Å². The minimum absolute atomic E-state index is 0.0274. The largest absolute Gasteiger partial charge is 0.469 e. The number of hydrogen-bond donors (Lipinski definition) is 6. The van der Waals surface area contributed by atoms with Crippen molar-refractivity contribution in [1.82, 2.24) is 19.5 Å². The van der Waals surface area contributed by atoms with Crippen LogP contribution >= 0.6 is 7.82 Å². The molecule has 0 radical (unpaired) electrons. The quantitative estimate of drug-likeness (QED) is 0.204. The number of aliphatic hydroxyl groups is 2. The molecule has 15 heteroatoms. The van der Waals surface area contributed by atoms with Gasteiger partial charge in [0.2, 0.25) is 11.9 Å². The molecule has 2 aromatic heterocycles. The Kier molecular flexibility index (Phi) is 7.21. The molecule has 1 saturated heterocycles. The average molecular weight is 461 g/mol. The maximum atomic E-state index is 12.3. The second-order valence-electron chi connectivity index (χ2n) is 7.08. The van der Waals surface area contributed by atoms with E-state index in [1.54, 1.807) is 0 Å². The first kappa shape index (κ1) is 23.5. The highest BCUT2D eigenvalue weighted by Crippen LogP contribution is 2.38. The van der Waals surface area contributed by atoms with E-state index < -0.39 is 44.5 Å². The molecule has 0 aliphatic carbocycles. The Hall–Kier alpha value is -2.19. The lowest BCUT2D eigenvalue weighted by molar-refractivity contribution is -0.116. The summed E-state index contributed by atoms with van der Waals surface area (Å²) in [6, 6.07) is 0. The molecule has 172 valence electrons. The number of aromatic amines is 1. The van der Waals surface area contributed by atoms with Crippen LogP contribution in [0.4, 0.5) is 5.95 Å².